The number of primary amides is 1. The van der Waals surface area contributed by atoms with E-state index in [-0.39, 0.29) is 50.4 Å². The number of aliphatic carboxylic acids is 2. The minimum absolute atomic E-state index is 0. The smallest absolute Gasteiger partial charge is 0.512 e. The average Bonchev–Trinajstić information content (AvgIpc) is 1.60. The number of thiazole rings is 3. The monoisotopic (exact) mass is 2760 g/mol. The van der Waals surface area contributed by atoms with Gasteiger partial charge in [0.1, 0.15) is 0 Å². The molecule has 1 atom stereocenters. The molecule has 0 saturated heterocycles. The van der Waals surface area contributed by atoms with Gasteiger partial charge in [-0.1, -0.05) is 210 Å². The second-order valence-electron chi connectivity index (χ2n) is 36.1. The molecule has 10 bridgehead atoms. The van der Waals surface area contributed by atoms with Crippen LogP contribution in [0.4, 0.5) is 5.13 Å². The third-order valence-corrected chi connectivity index (χ3v) is 37.2. The number of fused-ring (bicyclic) bond motifs is 2. The molecule has 35 heteroatoms. The number of nitrogen functional groups attached to an aromatic ring is 1. The number of nitrogens with two attached hydrogens (primary N) is 4. The van der Waals surface area contributed by atoms with Gasteiger partial charge in [0.05, 0.1) is 27.8 Å². The number of carbonyl (C=O) groups is 6. The zero-order valence-corrected chi connectivity index (χ0v) is 96.3. The summed E-state index contributed by atoms with van der Waals surface area (Å²) in [5.74, 6) is 7.20. The fourth-order valence-corrected chi connectivity index (χ4v) is 27.5. The number of nitrogens with zero attached hydrogens (tertiary/aromatic N) is 6. The molecule has 18 nitrogen and oxygen atoms in total. The van der Waals surface area contributed by atoms with Crippen LogP contribution in [0.3, 0.4) is 0 Å². The Hall–Kier alpha value is -5.04. The minimum atomic E-state index is -0.672. The van der Waals surface area contributed by atoms with E-state index in [9.17, 15) is 28.8 Å². The van der Waals surface area contributed by atoms with Crippen LogP contribution in [0.25, 0.3) is 39.3 Å². The summed E-state index contributed by atoms with van der Waals surface area (Å²) in [6.45, 7) is 4.75. The molecule has 8 saturated carbocycles. The van der Waals surface area contributed by atoms with Gasteiger partial charge in [-0.3, -0.25) is 28.8 Å². The largest absolute Gasteiger partial charge is 1.00 e. The summed E-state index contributed by atoms with van der Waals surface area (Å²) in [5.41, 5.74) is 48.5. The molecule has 1 amide bonds. The topological polar surface area (TPSA) is 346 Å². The van der Waals surface area contributed by atoms with Crippen LogP contribution >= 0.6 is 240 Å². The maximum Gasteiger partial charge on any atom is 1.00 e. The van der Waals surface area contributed by atoms with E-state index in [4.69, 9.17) is 44.0 Å². The van der Waals surface area contributed by atoms with Crippen LogP contribution in [0, 0.1) is 44.4 Å². The minimum Gasteiger partial charge on any atom is -0.512 e. The van der Waals surface area contributed by atoms with E-state index in [0.717, 1.165) is 146 Å². The second-order valence-corrected chi connectivity index (χ2v) is 49.7. The molecular weight excluding hydrogens is 2680 g/mol. The van der Waals surface area contributed by atoms with E-state index in [0.29, 0.717) is 87.4 Å². The molecule has 712 valence electrons. The average molecular weight is 2770 g/mol. The van der Waals surface area contributed by atoms with Crippen molar-refractivity contribution in [2.45, 2.75) is 185 Å². The maximum absolute atomic E-state index is 12.2. The first-order chi connectivity index (χ1) is 64.7. The number of aromatic nitrogens is 3. The predicted molar refractivity (Wildman–Crippen MR) is 588 cm³/mol. The predicted octanol–water partition coefficient (Wildman–Crippen LogP) is 30.6. The molecule has 136 heavy (non-hydrogen) atoms. The quantitative estimate of drug-likeness (QED) is 0.0114. The summed E-state index contributed by atoms with van der Waals surface area (Å²) in [6, 6.07) is 56.5. The van der Waals surface area contributed by atoms with Crippen molar-refractivity contribution in [3.8, 4) is 33.8 Å². The summed E-state index contributed by atoms with van der Waals surface area (Å²) in [6.07, 6.45) is 19.7. The van der Waals surface area contributed by atoms with Crippen molar-refractivity contribution < 1.29 is 60.8 Å². The summed E-state index contributed by atoms with van der Waals surface area (Å²) in [7, 11) is 0. The number of carbonyl (C=O) groups excluding carboxylic acids is 4. The number of amides is 1. The first-order valence-electron chi connectivity index (χ1n) is 44.0. The van der Waals surface area contributed by atoms with Crippen molar-refractivity contribution in [3.05, 3.63) is 290 Å². The Morgan fingerprint density at radius 3 is 1.21 bits per heavy atom. The number of alkyl halides is 1. The number of rotatable bonds is 9. The van der Waals surface area contributed by atoms with Crippen LogP contribution in [0.1, 0.15) is 270 Å². The molecule has 11 aromatic rings. The zero-order valence-electron chi connectivity index (χ0n) is 72.5. The standard InChI is InChI=1S/C14H11BrN2OS.C13H9BrINS.C13H11BrN2S.C12H10Br2O.C12H11BrN2O.C12H13BrO2.C12H11BrO.C11H11BrO2.CH4N2S.CN.Br2.Cu/c15-8-1-2-9-6-3-7(4-6)12-11(10(9)5-8)17-14(19-12)13(16)18;2*14-8-1-2-9-6-3-7(4-6)12-11(10(9)5-8)16-13(15)17-12;13-8-1-2-9-6-3-7(4-6)11(14)12(15)10(9)5-8;13-11-3-1-8(2-4-11)9-5-10(6-9)12(16)7-15-14;13-11-3-1-9(2-4-11)10-5-8(6-10)7-12(14)15;13-9-1-2-10-8-3-7(4-8)5-12(14)11(10)6-9;12-10-3-1-7(2-4-10)8-5-9(6-8)11(13)14;2-1(3)4;2*1-2;/h1-2,5-7H,3-4H2,(H2,16,18);1-2,5-7H,3-4H2;1-2,5-7H,3-4H2,(H2,15,16);1-2,5-7,11H,3-4H2;1-4,7,9-10H,5-6H2;1-4,8,10H,5-7H2,(H,14,15);1-2,6-8H,3-5H2;1-4,8-9H,5-6H2,(H,13,14);(H4,2,3,4);;;/q;;;;;;;;;-1;;+1. The number of carboxylic acid groups (broad SMARTS) is 2. The maximum atomic E-state index is 12.2. The Kier molecular flexibility index (Phi) is 39.0. The molecule has 29 rings (SSSR count). The van der Waals surface area contributed by atoms with E-state index >= 15 is 0 Å². The number of halogens is 12. The van der Waals surface area contributed by atoms with E-state index in [2.05, 4.69) is 336 Å². The van der Waals surface area contributed by atoms with E-state index in [1.807, 2.05) is 72.0 Å². The van der Waals surface area contributed by atoms with Gasteiger partial charge >= 0.3 is 35.2 Å². The molecule has 0 radical (unpaired) electrons. The van der Waals surface area contributed by atoms with E-state index < -0.39 is 17.8 Å². The Morgan fingerprint density at radius 1 is 0.463 bits per heavy atom. The van der Waals surface area contributed by atoms with Crippen molar-refractivity contribution in [2.75, 3.05) is 5.73 Å². The Balaban J connectivity index is 0.000000130. The molecule has 18 aliphatic rings. The second kappa shape index (κ2) is 49.0. The molecule has 0 aliphatic heterocycles. The Morgan fingerprint density at radius 2 is 0.801 bits per heavy atom. The summed E-state index contributed by atoms with van der Waals surface area (Å²) >= 11 is 48.2. The van der Waals surface area contributed by atoms with Crippen molar-refractivity contribution in [1.82, 2.24) is 15.0 Å². The molecule has 8 fully saturated rings. The van der Waals surface area contributed by atoms with Crippen LogP contribution in [0.5, 0.6) is 0 Å². The van der Waals surface area contributed by atoms with Crippen LogP contribution in [-0.4, -0.2) is 81.3 Å². The van der Waals surface area contributed by atoms with Crippen LogP contribution < -0.4 is 22.9 Å². The van der Waals surface area contributed by atoms with Gasteiger partial charge in [-0.05, 0) is 362 Å². The van der Waals surface area contributed by atoms with Crippen molar-refractivity contribution >= 4 is 292 Å². The number of ketones is 3. The normalized spacial score (nSPS) is 24.3. The van der Waals surface area contributed by atoms with Crippen molar-refractivity contribution in [3.63, 3.8) is 0 Å². The number of hydrogen-bond donors (Lipinski definition) is 6. The van der Waals surface area contributed by atoms with Gasteiger partial charge in [0, 0.05) is 125 Å². The first kappa shape index (κ1) is 108. The molecule has 8 aromatic carbocycles. The number of benzene rings is 8. The molecule has 0 spiro atoms. The number of thiocarbonyl (C=S) groups is 1. The van der Waals surface area contributed by atoms with E-state index in [1.54, 1.807) is 11.3 Å². The van der Waals surface area contributed by atoms with Crippen LogP contribution in [-0.2, 0) is 31.5 Å². The van der Waals surface area contributed by atoms with Gasteiger partial charge in [0.2, 0.25) is 5.78 Å². The van der Waals surface area contributed by atoms with Gasteiger partial charge in [-0.25, -0.2) is 15.0 Å². The third-order valence-electron chi connectivity index (χ3n) is 27.8. The van der Waals surface area contributed by atoms with Gasteiger partial charge in [0.15, 0.2) is 29.8 Å². The third kappa shape index (κ3) is 26.0. The molecule has 10 N–H and O–H groups in total. The van der Waals surface area contributed by atoms with Crippen molar-refractivity contribution in [2.24, 2.45) is 46.8 Å². The van der Waals surface area contributed by atoms with Gasteiger partial charge in [-0.15, -0.1) is 34.0 Å². The number of anilines is 1. The van der Waals surface area contributed by atoms with E-state index in [1.165, 1.54) is 142 Å². The Bertz CT molecular complexity index is 6210. The van der Waals surface area contributed by atoms with Gasteiger partial charge in [0.25, 0.3) is 5.91 Å². The first-order valence-corrected chi connectivity index (χ1v) is 58.9. The summed E-state index contributed by atoms with van der Waals surface area (Å²) in [4.78, 5) is 88.6. The summed E-state index contributed by atoms with van der Waals surface area (Å²) < 4.78 is 9.72. The number of Topliss-reactive ketones (excluding diaryl/α,β-unsaturated/α-hetero) is 3. The number of hydrogen-bond acceptors (Lipinski definition) is 15. The molecule has 3 heterocycles. The SMILES string of the molecule is BrBr.Brc1ccc2c(c1)-c1nc(I)sc1C1CC2C1.NC(=O)c1nc2c(s1)C1CC(C1)c1ccc(Br)cc1-2.NC(N)=S.Nc1nc2c(s1)C1CC(C1)c1ccc(Br)cc1-2.O=C(O)C1CC(c2ccc(Br)cc2)C1.O=C(O)CC1CC(c2ccc(Br)cc2)C1.O=C1CC2CC(C2)c2ccc(Br)cc21.O=C1c2cc(Br)ccc2C2CC(C2)C1Br.[C-]#N.[Cu+].[N-]=[N+]=CC(=O)C1CC(c2ccc(Br)cc2)C1. The van der Waals surface area contributed by atoms with Gasteiger partial charge < -0.3 is 50.5 Å². The van der Waals surface area contributed by atoms with Crippen LogP contribution in [0.15, 0.2) is 200 Å². The zero-order chi connectivity index (χ0) is 96.7. The van der Waals surface area contributed by atoms with Crippen molar-refractivity contribution in [1.29, 1.82) is 5.26 Å². The fourth-order valence-electron chi connectivity index (χ4n) is 20.3. The summed E-state index contributed by atoms with van der Waals surface area (Å²) in [5, 5.41) is 24.8. The van der Waals surface area contributed by atoms with Gasteiger partial charge in [-0.2, -0.15) is 4.79 Å². The number of carboxylic acids is 2. The molecular formula is C101H91Br11CuIN10O8S4. The van der Waals surface area contributed by atoms with Crippen LogP contribution in [0.2, 0.25) is 0 Å². The Labute approximate surface area is 923 Å². The molecule has 18 aliphatic carbocycles. The molecule has 3 aromatic heterocycles. The fraction of sp³-hybridized carbons (Fsp3) is 0.347. The molecule has 1 unspecified atom stereocenters.